The molecule has 3 N–H and O–H groups in total. The van der Waals surface area contributed by atoms with Crippen LogP contribution in [0.15, 0.2) is 18.2 Å². The quantitative estimate of drug-likeness (QED) is 0.539. The smallest absolute Gasteiger partial charge is 0.423 e. The first-order valence-electron chi connectivity index (χ1n) is 3.95. The molecule has 0 atom stereocenters. The molecule has 0 saturated carbocycles. The monoisotopic (exact) mass is 183 g/mol. The molecule has 0 bridgehead atoms. The largest absolute Gasteiger partial charge is 0.491 e. The summed E-state index contributed by atoms with van der Waals surface area (Å²) in [6, 6.07) is 4.53. The molecule has 70 valence electrons. The van der Waals surface area contributed by atoms with E-state index in [0.29, 0.717) is 12.1 Å². The third-order valence-corrected chi connectivity index (χ3v) is 1.75. The van der Waals surface area contributed by atoms with Crippen molar-refractivity contribution in [3.63, 3.8) is 0 Å². The zero-order valence-corrected chi connectivity index (χ0v) is 7.29. The van der Waals surface area contributed by atoms with Crippen molar-refractivity contribution in [2.45, 2.75) is 6.54 Å². The van der Waals surface area contributed by atoms with Crippen LogP contribution in [-0.2, 0) is 6.54 Å². The van der Waals surface area contributed by atoms with Gasteiger partial charge in [-0.15, -0.1) is 0 Å². The van der Waals surface area contributed by atoms with E-state index < -0.39 is 12.9 Å². The highest BCUT2D eigenvalue weighted by Gasteiger charge is 2.17. The SMILES string of the molecule is CNCc1cccc(B(O)O)c1F. The van der Waals surface area contributed by atoms with Crippen LogP contribution in [-0.4, -0.2) is 24.2 Å². The zero-order valence-electron chi connectivity index (χ0n) is 7.29. The van der Waals surface area contributed by atoms with Gasteiger partial charge in [0.05, 0.1) is 0 Å². The highest BCUT2D eigenvalue weighted by Crippen LogP contribution is 2.04. The van der Waals surface area contributed by atoms with Crippen LogP contribution in [0.4, 0.5) is 4.39 Å². The molecule has 0 aliphatic heterocycles. The van der Waals surface area contributed by atoms with Gasteiger partial charge in [0.25, 0.3) is 0 Å². The number of halogens is 1. The Morgan fingerprint density at radius 2 is 2.15 bits per heavy atom. The summed E-state index contributed by atoms with van der Waals surface area (Å²) in [7, 11) is -0.0570. The highest BCUT2D eigenvalue weighted by molar-refractivity contribution is 6.58. The fourth-order valence-electron chi connectivity index (χ4n) is 1.13. The molecule has 13 heavy (non-hydrogen) atoms. The van der Waals surface area contributed by atoms with Gasteiger partial charge in [-0.25, -0.2) is 4.39 Å². The molecule has 1 aromatic rings. The van der Waals surface area contributed by atoms with Gasteiger partial charge in [-0.1, -0.05) is 18.2 Å². The maximum absolute atomic E-state index is 13.4. The van der Waals surface area contributed by atoms with Crippen LogP contribution in [0.25, 0.3) is 0 Å². The van der Waals surface area contributed by atoms with E-state index in [1.54, 1.807) is 19.2 Å². The van der Waals surface area contributed by atoms with Gasteiger partial charge in [0.15, 0.2) is 0 Å². The van der Waals surface area contributed by atoms with Gasteiger partial charge >= 0.3 is 7.12 Å². The third kappa shape index (κ3) is 2.27. The Balaban J connectivity index is 3.03. The molecular weight excluding hydrogens is 172 g/mol. The van der Waals surface area contributed by atoms with E-state index in [2.05, 4.69) is 5.32 Å². The summed E-state index contributed by atoms with van der Waals surface area (Å²) in [6.45, 7) is 0.367. The second-order valence-electron chi connectivity index (χ2n) is 2.72. The van der Waals surface area contributed by atoms with Gasteiger partial charge in [0.1, 0.15) is 5.82 Å². The van der Waals surface area contributed by atoms with E-state index in [1.807, 2.05) is 0 Å². The molecule has 0 amide bonds. The maximum atomic E-state index is 13.4. The number of hydrogen-bond donors (Lipinski definition) is 3. The van der Waals surface area contributed by atoms with Crippen molar-refractivity contribution in [1.82, 2.24) is 5.32 Å². The first-order chi connectivity index (χ1) is 6.16. The van der Waals surface area contributed by atoms with E-state index in [9.17, 15) is 4.39 Å². The minimum absolute atomic E-state index is 0.0900. The summed E-state index contributed by atoms with van der Waals surface area (Å²) < 4.78 is 13.4. The molecule has 0 heterocycles. The Morgan fingerprint density at radius 1 is 1.46 bits per heavy atom. The molecule has 0 spiro atoms. The lowest BCUT2D eigenvalue weighted by atomic mass is 9.79. The fourth-order valence-corrected chi connectivity index (χ4v) is 1.13. The summed E-state index contributed by atoms with van der Waals surface area (Å²) in [4.78, 5) is 0. The first-order valence-corrected chi connectivity index (χ1v) is 3.95. The van der Waals surface area contributed by atoms with Crippen LogP contribution < -0.4 is 10.8 Å². The Morgan fingerprint density at radius 3 is 2.69 bits per heavy atom. The lowest BCUT2D eigenvalue weighted by molar-refractivity contribution is 0.422. The Labute approximate surface area is 76.4 Å². The average Bonchev–Trinajstić information content (AvgIpc) is 2.08. The Bertz CT molecular complexity index is 293. The van der Waals surface area contributed by atoms with E-state index in [0.717, 1.165) is 0 Å². The van der Waals surface area contributed by atoms with Crippen LogP contribution >= 0.6 is 0 Å². The molecule has 5 heteroatoms. The topological polar surface area (TPSA) is 52.5 Å². The predicted octanol–water partition coefficient (Wildman–Crippen LogP) is -0.775. The van der Waals surface area contributed by atoms with Crippen molar-refractivity contribution >= 4 is 12.6 Å². The summed E-state index contributed by atoms with van der Waals surface area (Å²) >= 11 is 0. The molecule has 0 aromatic heterocycles. The van der Waals surface area contributed by atoms with E-state index in [4.69, 9.17) is 10.0 Å². The van der Waals surface area contributed by atoms with Crippen molar-refractivity contribution in [3.05, 3.63) is 29.6 Å². The molecule has 3 nitrogen and oxygen atoms in total. The zero-order chi connectivity index (χ0) is 9.84. The van der Waals surface area contributed by atoms with Crippen molar-refractivity contribution in [3.8, 4) is 0 Å². The molecule has 0 aliphatic carbocycles. The lowest BCUT2D eigenvalue weighted by Gasteiger charge is -2.06. The standard InChI is InChI=1S/C8H11BFNO2/c1-11-5-6-3-2-4-7(8(6)10)9(12)13/h2-4,11-13H,5H2,1H3. The van der Waals surface area contributed by atoms with Gasteiger partial charge in [0, 0.05) is 17.6 Å². The second kappa shape index (κ2) is 4.36. The molecule has 0 aliphatic rings. The first kappa shape index (κ1) is 10.2. The van der Waals surface area contributed by atoms with Gasteiger partial charge in [-0.3, -0.25) is 0 Å². The number of benzene rings is 1. The second-order valence-corrected chi connectivity index (χ2v) is 2.72. The van der Waals surface area contributed by atoms with E-state index in [1.165, 1.54) is 6.07 Å². The van der Waals surface area contributed by atoms with E-state index in [-0.39, 0.29) is 5.46 Å². The number of hydrogen-bond acceptors (Lipinski definition) is 3. The van der Waals surface area contributed by atoms with Crippen LogP contribution in [0.5, 0.6) is 0 Å². The van der Waals surface area contributed by atoms with Crippen LogP contribution in [0.2, 0.25) is 0 Å². The molecule has 0 fully saturated rings. The lowest BCUT2D eigenvalue weighted by Crippen LogP contribution is -2.33. The number of nitrogens with one attached hydrogen (secondary N) is 1. The van der Waals surface area contributed by atoms with Gasteiger partial charge in [0.2, 0.25) is 0 Å². The van der Waals surface area contributed by atoms with Crippen LogP contribution in [0.3, 0.4) is 0 Å². The molecule has 0 unspecified atom stereocenters. The summed E-state index contributed by atoms with van der Waals surface area (Å²) in [5, 5.41) is 20.4. The highest BCUT2D eigenvalue weighted by atomic mass is 19.1. The Kier molecular flexibility index (Phi) is 3.42. The normalized spacial score (nSPS) is 10.2. The van der Waals surface area contributed by atoms with Crippen LogP contribution in [0, 0.1) is 5.82 Å². The average molecular weight is 183 g/mol. The fraction of sp³-hybridized carbons (Fsp3) is 0.250. The van der Waals surface area contributed by atoms with Gasteiger partial charge < -0.3 is 15.4 Å². The Hall–Kier alpha value is -0.905. The van der Waals surface area contributed by atoms with Gasteiger partial charge in [-0.05, 0) is 7.05 Å². The van der Waals surface area contributed by atoms with E-state index >= 15 is 0 Å². The summed E-state index contributed by atoms with van der Waals surface area (Å²) in [6.07, 6.45) is 0. The third-order valence-electron chi connectivity index (χ3n) is 1.75. The minimum Gasteiger partial charge on any atom is -0.423 e. The molecular formula is C8H11BFNO2. The maximum Gasteiger partial charge on any atom is 0.491 e. The minimum atomic E-state index is -1.75. The van der Waals surface area contributed by atoms with Crippen molar-refractivity contribution < 1.29 is 14.4 Å². The molecule has 0 radical (unpaired) electrons. The molecule has 1 rings (SSSR count). The van der Waals surface area contributed by atoms with Gasteiger partial charge in [-0.2, -0.15) is 0 Å². The number of rotatable bonds is 3. The molecule has 0 saturated heterocycles. The molecule has 1 aromatic carbocycles. The van der Waals surface area contributed by atoms with Crippen molar-refractivity contribution in [1.29, 1.82) is 0 Å². The van der Waals surface area contributed by atoms with Crippen molar-refractivity contribution in [2.75, 3.05) is 7.05 Å². The van der Waals surface area contributed by atoms with Crippen LogP contribution in [0.1, 0.15) is 5.56 Å². The summed E-state index contributed by atoms with van der Waals surface area (Å²) in [5.41, 5.74) is 0.334. The summed E-state index contributed by atoms with van der Waals surface area (Å²) in [5.74, 6) is -0.563. The predicted molar refractivity (Wildman–Crippen MR) is 49.0 cm³/mol. The van der Waals surface area contributed by atoms with Crippen molar-refractivity contribution in [2.24, 2.45) is 0 Å².